The van der Waals surface area contributed by atoms with E-state index in [9.17, 15) is 9.59 Å². The fourth-order valence-electron chi connectivity index (χ4n) is 1.11. The van der Waals surface area contributed by atoms with Crippen molar-refractivity contribution in [3.05, 3.63) is 41.4 Å². The lowest BCUT2D eigenvalue weighted by Crippen LogP contribution is -2.10. The number of ether oxygens (including phenoxy) is 2. The van der Waals surface area contributed by atoms with Gasteiger partial charge in [-0.1, -0.05) is 18.2 Å². The van der Waals surface area contributed by atoms with Crippen molar-refractivity contribution in [2.45, 2.75) is 0 Å². The molecule has 0 radical (unpaired) electrons. The smallest absolute Gasteiger partial charge is 0.330 e. The molecule has 0 amide bonds. The molecule has 1 aromatic rings. The summed E-state index contributed by atoms with van der Waals surface area (Å²) in [5.74, 6) is -0.0592. The minimum absolute atomic E-state index is 0.0959. The number of halogens is 2. The van der Waals surface area contributed by atoms with Crippen LogP contribution in [0, 0.1) is 0 Å². The molecule has 0 aromatic heterocycles. The van der Waals surface area contributed by atoms with Gasteiger partial charge in [-0.2, -0.15) is 0 Å². The van der Waals surface area contributed by atoms with Crippen LogP contribution in [-0.4, -0.2) is 24.4 Å². The summed E-state index contributed by atoms with van der Waals surface area (Å²) >= 11 is 11.1. The predicted molar refractivity (Wildman–Crippen MR) is 68.3 cm³/mol. The van der Waals surface area contributed by atoms with E-state index in [4.69, 9.17) is 32.7 Å². The zero-order chi connectivity index (χ0) is 13.5. The highest BCUT2D eigenvalue weighted by atomic mass is 35.5. The summed E-state index contributed by atoms with van der Waals surface area (Å²) in [5.41, 5.74) is 0.212. The van der Waals surface area contributed by atoms with E-state index in [-0.39, 0.29) is 23.8 Å². The summed E-state index contributed by atoms with van der Waals surface area (Å²) in [4.78, 5) is 21.6. The number of benzene rings is 1. The van der Waals surface area contributed by atoms with E-state index >= 15 is 0 Å². The number of hydrogen-bond acceptors (Lipinski definition) is 4. The van der Waals surface area contributed by atoms with Gasteiger partial charge in [0.2, 0.25) is 0 Å². The van der Waals surface area contributed by atoms with Gasteiger partial charge in [0.15, 0.2) is 0 Å². The van der Waals surface area contributed by atoms with E-state index in [0.29, 0.717) is 5.75 Å². The lowest BCUT2D eigenvalue weighted by molar-refractivity contribution is -0.138. The number of hydrogen-bond donors (Lipinski definition) is 0. The van der Waals surface area contributed by atoms with Crippen LogP contribution < -0.4 is 4.74 Å². The second-order valence-corrected chi connectivity index (χ2v) is 3.89. The van der Waals surface area contributed by atoms with Crippen LogP contribution >= 0.6 is 23.2 Å². The predicted octanol–water partition coefficient (Wildman–Crippen LogP) is 2.83. The number of esters is 1. The molecule has 0 fully saturated rings. The van der Waals surface area contributed by atoms with Gasteiger partial charge >= 0.3 is 5.97 Å². The molecule has 0 aliphatic heterocycles. The quantitative estimate of drug-likeness (QED) is 0.350. The molecular formula is C12H10Cl2O4. The zero-order valence-electron chi connectivity index (χ0n) is 9.32. The van der Waals surface area contributed by atoms with Crippen molar-refractivity contribution in [3.63, 3.8) is 0 Å². The van der Waals surface area contributed by atoms with Gasteiger partial charge in [-0.15, -0.1) is 0 Å². The van der Waals surface area contributed by atoms with Gasteiger partial charge < -0.3 is 9.47 Å². The molecule has 0 atom stereocenters. The number of carbonyl (C=O) groups is 2. The SMILES string of the molecule is C=CC(=O)OCCOc1ccc(C(=O)Cl)c(Cl)c1. The van der Waals surface area contributed by atoms with Crippen LogP contribution in [0.2, 0.25) is 5.02 Å². The molecular weight excluding hydrogens is 279 g/mol. The molecule has 0 saturated heterocycles. The molecule has 4 nitrogen and oxygen atoms in total. The first-order valence-corrected chi connectivity index (χ1v) is 5.71. The van der Waals surface area contributed by atoms with E-state index in [0.717, 1.165) is 6.08 Å². The molecule has 0 bridgehead atoms. The fraction of sp³-hybridized carbons (Fsp3) is 0.167. The van der Waals surface area contributed by atoms with E-state index in [2.05, 4.69) is 6.58 Å². The summed E-state index contributed by atoms with van der Waals surface area (Å²) in [5, 5.41) is -0.429. The lowest BCUT2D eigenvalue weighted by Gasteiger charge is -2.07. The van der Waals surface area contributed by atoms with Crippen LogP contribution in [0.4, 0.5) is 0 Å². The summed E-state index contributed by atoms with van der Waals surface area (Å²) in [7, 11) is 0. The first kappa shape index (κ1) is 14.5. The van der Waals surface area contributed by atoms with Gasteiger partial charge in [0.05, 0.1) is 10.6 Å². The monoisotopic (exact) mass is 288 g/mol. The molecule has 0 unspecified atom stereocenters. The Hall–Kier alpha value is -1.52. The van der Waals surface area contributed by atoms with Crippen molar-refractivity contribution in [3.8, 4) is 5.75 Å². The Morgan fingerprint density at radius 2 is 2.06 bits per heavy atom. The topological polar surface area (TPSA) is 52.6 Å². The first-order valence-electron chi connectivity index (χ1n) is 4.96. The van der Waals surface area contributed by atoms with E-state index in [1.165, 1.54) is 12.1 Å². The maximum atomic E-state index is 10.9. The molecule has 1 aromatic carbocycles. The fourth-order valence-corrected chi connectivity index (χ4v) is 1.58. The largest absolute Gasteiger partial charge is 0.490 e. The van der Waals surface area contributed by atoms with Crippen molar-refractivity contribution < 1.29 is 19.1 Å². The van der Waals surface area contributed by atoms with Gasteiger partial charge in [0, 0.05) is 6.08 Å². The van der Waals surface area contributed by atoms with Crippen LogP contribution in [-0.2, 0) is 9.53 Å². The average Bonchev–Trinajstić information content (AvgIpc) is 2.34. The summed E-state index contributed by atoms with van der Waals surface area (Å²) < 4.78 is 9.98. The van der Waals surface area contributed by atoms with Crippen LogP contribution in [0.15, 0.2) is 30.9 Å². The molecule has 6 heteroatoms. The zero-order valence-corrected chi connectivity index (χ0v) is 10.8. The van der Waals surface area contributed by atoms with Gasteiger partial charge in [-0.25, -0.2) is 4.79 Å². The highest BCUT2D eigenvalue weighted by Crippen LogP contribution is 2.23. The van der Waals surface area contributed by atoms with Crippen molar-refractivity contribution >= 4 is 34.4 Å². The van der Waals surface area contributed by atoms with E-state index in [1.807, 2.05) is 0 Å². The van der Waals surface area contributed by atoms with Crippen molar-refractivity contribution in [1.29, 1.82) is 0 Å². The van der Waals surface area contributed by atoms with Crippen LogP contribution in [0.1, 0.15) is 10.4 Å². The first-order chi connectivity index (χ1) is 8.54. The van der Waals surface area contributed by atoms with Gasteiger partial charge in [-0.05, 0) is 29.8 Å². The van der Waals surface area contributed by atoms with Crippen LogP contribution in [0.25, 0.3) is 0 Å². The highest BCUT2D eigenvalue weighted by molar-refractivity contribution is 6.68. The van der Waals surface area contributed by atoms with Gasteiger partial charge in [0.25, 0.3) is 5.24 Å². The molecule has 0 aliphatic carbocycles. The van der Waals surface area contributed by atoms with E-state index < -0.39 is 11.2 Å². The second-order valence-electron chi connectivity index (χ2n) is 3.14. The maximum absolute atomic E-state index is 10.9. The molecule has 0 saturated carbocycles. The number of carbonyl (C=O) groups excluding carboxylic acids is 2. The molecule has 1 rings (SSSR count). The van der Waals surface area contributed by atoms with Crippen LogP contribution in [0.5, 0.6) is 5.75 Å². The normalized spacial score (nSPS) is 9.67. The Morgan fingerprint density at radius 3 is 2.61 bits per heavy atom. The van der Waals surface area contributed by atoms with E-state index in [1.54, 1.807) is 6.07 Å². The molecule has 0 spiro atoms. The van der Waals surface area contributed by atoms with Crippen molar-refractivity contribution in [1.82, 2.24) is 0 Å². The molecule has 96 valence electrons. The minimum atomic E-state index is -0.633. The van der Waals surface area contributed by atoms with Gasteiger partial charge in [-0.3, -0.25) is 4.79 Å². The van der Waals surface area contributed by atoms with Crippen molar-refractivity contribution in [2.75, 3.05) is 13.2 Å². The Bertz CT molecular complexity index is 471. The Kier molecular flexibility index (Phi) is 5.68. The molecule has 0 aliphatic rings. The summed E-state index contributed by atoms with van der Waals surface area (Å²) in [6.07, 6.45) is 1.07. The maximum Gasteiger partial charge on any atom is 0.330 e. The summed E-state index contributed by atoms with van der Waals surface area (Å²) in [6, 6.07) is 4.48. The third-order valence-corrected chi connectivity index (χ3v) is 2.43. The Labute approximate surface area is 114 Å². The molecule has 0 N–H and O–H groups in total. The lowest BCUT2D eigenvalue weighted by atomic mass is 10.2. The van der Waals surface area contributed by atoms with Crippen LogP contribution in [0.3, 0.4) is 0 Å². The average molecular weight is 289 g/mol. The summed E-state index contributed by atoms with van der Waals surface area (Å²) in [6.45, 7) is 3.52. The number of rotatable bonds is 6. The molecule has 0 heterocycles. The Morgan fingerprint density at radius 1 is 1.33 bits per heavy atom. The van der Waals surface area contributed by atoms with Gasteiger partial charge in [0.1, 0.15) is 19.0 Å². The van der Waals surface area contributed by atoms with Crippen molar-refractivity contribution in [2.24, 2.45) is 0 Å². The minimum Gasteiger partial charge on any atom is -0.490 e. The standard InChI is InChI=1S/C12H10Cl2O4/c1-2-11(15)18-6-5-17-8-3-4-9(12(14)16)10(13)7-8/h2-4,7H,1,5-6H2. The third-order valence-electron chi connectivity index (χ3n) is 1.92. The Balaban J connectivity index is 2.49. The highest BCUT2D eigenvalue weighted by Gasteiger charge is 2.08. The second kappa shape index (κ2) is 7.03. The third kappa shape index (κ3) is 4.39. The molecule has 18 heavy (non-hydrogen) atoms.